The number of hydrogen-bond donors (Lipinski definition) is 2. The average molecular weight is 260 g/mol. The summed E-state index contributed by atoms with van der Waals surface area (Å²) in [5, 5.41) is 3.72. The molecule has 3 N–H and O–H groups in total. The molecule has 0 amide bonds. The van der Waals surface area contributed by atoms with Gasteiger partial charge in [-0.15, -0.1) is 0 Å². The van der Waals surface area contributed by atoms with Crippen molar-refractivity contribution in [1.29, 1.82) is 0 Å². The molecule has 2 nitrogen and oxygen atoms in total. The van der Waals surface area contributed by atoms with Gasteiger partial charge in [0.15, 0.2) is 0 Å². The molecule has 1 unspecified atom stereocenters. The standard InChI is InChI=1S/C17H28N2/c1-12(13-6-8-14(18)9-7-13)10-11-19-15-16(2,3)17(15,4)5/h6-9,12,15,19H,10-11,18H2,1-5H3. The third-order valence-corrected chi connectivity index (χ3v) is 5.45. The topological polar surface area (TPSA) is 38.0 Å². The van der Waals surface area contributed by atoms with Gasteiger partial charge in [0.05, 0.1) is 0 Å². The van der Waals surface area contributed by atoms with E-state index in [0.29, 0.717) is 22.8 Å². The van der Waals surface area contributed by atoms with Crippen LogP contribution >= 0.6 is 0 Å². The highest BCUT2D eigenvalue weighted by molar-refractivity contribution is 5.40. The second-order valence-corrected chi connectivity index (χ2v) is 7.19. The second kappa shape index (κ2) is 4.82. The van der Waals surface area contributed by atoms with Crippen molar-refractivity contribution in [2.45, 2.75) is 53.0 Å². The van der Waals surface area contributed by atoms with Crippen molar-refractivity contribution < 1.29 is 0 Å². The van der Waals surface area contributed by atoms with E-state index in [0.717, 1.165) is 12.2 Å². The van der Waals surface area contributed by atoms with Gasteiger partial charge in [0.25, 0.3) is 0 Å². The number of hydrogen-bond acceptors (Lipinski definition) is 2. The summed E-state index contributed by atoms with van der Waals surface area (Å²) in [7, 11) is 0. The van der Waals surface area contributed by atoms with Crippen LogP contribution in [0.5, 0.6) is 0 Å². The quantitative estimate of drug-likeness (QED) is 0.791. The zero-order valence-corrected chi connectivity index (χ0v) is 13.0. The van der Waals surface area contributed by atoms with Crippen molar-refractivity contribution in [1.82, 2.24) is 5.32 Å². The summed E-state index contributed by atoms with van der Waals surface area (Å²) in [6.45, 7) is 12.8. The highest BCUT2D eigenvalue weighted by Crippen LogP contribution is 2.62. The Hall–Kier alpha value is -1.02. The van der Waals surface area contributed by atoms with Crippen molar-refractivity contribution in [2.24, 2.45) is 10.8 Å². The first-order valence-electron chi connectivity index (χ1n) is 7.35. The minimum absolute atomic E-state index is 0.428. The molecule has 1 fully saturated rings. The molecule has 1 aliphatic rings. The normalized spacial score (nSPS) is 22.2. The fraction of sp³-hybridized carbons (Fsp3) is 0.647. The van der Waals surface area contributed by atoms with E-state index < -0.39 is 0 Å². The van der Waals surface area contributed by atoms with Crippen LogP contribution in [0.25, 0.3) is 0 Å². The fourth-order valence-corrected chi connectivity index (χ4v) is 3.14. The van der Waals surface area contributed by atoms with Crippen molar-refractivity contribution >= 4 is 5.69 Å². The molecule has 1 aliphatic carbocycles. The van der Waals surface area contributed by atoms with E-state index in [4.69, 9.17) is 5.73 Å². The number of benzene rings is 1. The molecule has 0 spiro atoms. The molecule has 1 atom stereocenters. The van der Waals surface area contributed by atoms with Gasteiger partial charge in [-0.2, -0.15) is 0 Å². The Morgan fingerprint density at radius 3 is 2.11 bits per heavy atom. The molecule has 1 saturated carbocycles. The Balaban J connectivity index is 1.79. The molecule has 0 saturated heterocycles. The van der Waals surface area contributed by atoms with Crippen LogP contribution in [0.4, 0.5) is 5.69 Å². The Bertz CT molecular complexity index is 417. The smallest absolute Gasteiger partial charge is 0.0314 e. The maximum Gasteiger partial charge on any atom is 0.0314 e. The predicted molar refractivity (Wildman–Crippen MR) is 83.2 cm³/mol. The summed E-state index contributed by atoms with van der Waals surface area (Å²) in [6, 6.07) is 8.92. The summed E-state index contributed by atoms with van der Waals surface area (Å²) >= 11 is 0. The van der Waals surface area contributed by atoms with Gasteiger partial charge in [0.2, 0.25) is 0 Å². The highest BCUT2D eigenvalue weighted by Gasteiger charge is 2.64. The van der Waals surface area contributed by atoms with E-state index in [-0.39, 0.29) is 0 Å². The maximum absolute atomic E-state index is 5.72. The van der Waals surface area contributed by atoms with E-state index in [1.165, 1.54) is 12.0 Å². The second-order valence-electron chi connectivity index (χ2n) is 7.19. The Morgan fingerprint density at radius 1 is 1.11 bits per heavy atom. The van der Waals surface area contributed by atoms with Crippen LogP contribution in [0, 0.1) is 10.8 Å². The Labute approximate surface area is 117 Å². The van der Waals surface area contributed by atoms with Crippen LogP contribution in [0.15, 0.2) is 24.3 Å². The maximum atomic E-state index is 5.72. The van der Waals surface area contributed by atoms with Gasteiger partial charge in [0, 0.05) is 11.7 Å². The van der Waals surface area contributed by atoms with Gasteiger partial charge in [-0.1, -0.05) is 46.8 Å². The lowest BCUT2D eigenvalue weighted by molar-refractivity contribution is 0.457. The molecular weight excluding hydrogens is 232 g/mol. The molecule has 2 heteroatoms. The lowest BCUT2D eigenvalue weighted by Crippen LogP contribution is -2.24. The van der Waals surface area contributed by atoms with Gasteiger partial charge >= 0.3 is 0 Å². The molecule has 106 valence electrons. The first kappa shape index (κ1) is 14.4. The SMILES string of the molecule is CC(CCNC1C(C)(C)C1(C)C)c1ccc(N)cc1. The number of nitrogens with one attached hydrogen (secondary N) is 1. The summed E-state index contributed by atoms with van der Waals surface area (Å²) in [5.41, 5.74) is 8.80. The van der Waals surface area contributed by atoms with E-state index in [2.05, 4.69) is 52.1 Å². The molecule has 0 bridgehead atoms. The van der Waals surface area contributed by atoms with E-state index in [9.17, 15) is 0 Å². The molecule has 0 aliphatic heterocycles. The summed E-state index contributed by atoms with van der Waals surface area (Å²) in [6.07, 6.45) is 1.17. The van der Waals surface area contributed by atoms with Gasteiger partial charge < -0.3 is 11.1 Å². The Morgan fingerprint density at radius 2 is 1.63 bits per heavy atom. The van der Waals surface area contributed by atoms with Crippen LogP contribution in [0.1, 0.15) is 52.5 Å². The first-order valence-corrected chi connectivity index (χ1v) is 7.35. The molecule has 19 heavy (non-hydrogen) atoms. The number of nitrogen functional groups attached to an aromatic ring is 1. The molecule has 0 radical (unpaired) electrons. The highest BCUT2D eigenvalue weighted by atomic mass is 15.0. The number of rotatable bonds is 5. The largest absolute Gasteiger partial charge is 0.399 e. The monoisotopic (exact) mass is 260 g/mol. The van der Waals surface area contributed by atoms with Crippen molar-refractivity contribution in [3.63, 3.8) is 0 Å². The Kier molecular flexibility index (Phi) is 3.65. The predicted octanol–water partition coefficient (Wildman–Crippen LogP) is 3.79. The third kappa shape index (κ3) is 2.64. The van der Waals surface area contributed by atoms with Gasteiger partial charge in [0.1, 0.15) is 0 Å². The summed E-state index contributed by atoms with van der Waals surface area (Å²) < 4.78 is 0. The zero-order chi connectivity index (χ0) is 14.3. The minimum Gasteiger partial charge on any atom is -0.399 e. The van der Waals surface area contributed by atoms with Crippen LogP contribution in [0.2, 0.25) is 0 Å². The van der Waals surface area contributed by atoms with Crippen LogP contribution in [-0.4, -0.2) is 12.6 Å². The van der Waals surface area contributed by atoms with E-state index in [1.807, 2.05) is 12.1 Å². The molecule has 0 heterocycles. The van der Waals surface area contributed by atoms with Crippen molar-refractivity contribution in [2.75, 3.05) is 12.3 Å². The van der Waals surface area contributed by atoms with Crippen LogP contribution in [-0.2, 0) is 0 Å². The lowest BCUT2D eigenvalue weighted by atomic mass is 9.97. The summed E-state index contributed by atoms with van der Waals surface area (Å²) in [5.74, 6) is 0.582. The summed E-state index contributed by atoms with van der Waals surface area (Å²) in [4.78, 5) is 0. The van der Waals surface area contributed by atoms with Crippen molar-refractivity contribution in [3.8, 4) is 0 Å². The first-order chi connectivity index (χ1) is 8.76. The van der Waals surface area contributed by atoms with Gasteiger partial charge in [-0.25, -0.2) is 0 Å². The van der Waals surface area contributed by atoms with Crippen molar-refractivity contribution in [3.05, 3.63) is 29.8 Å². The van der Waals surface area contributed by atoms with Gasteiger partial charge in [-0.3, -0.25) is 0 Å². The molecule has 1 aromatic rings. The molecule has 2 rings (SSSR count). The number of anilines is 1. The zero-order valence-electron chi connectivity index (χ0n) is 13.0. The minimum atomic E-state index is 0.428. The molecular formula is C17H28N2. The lowest BCUT2D eigenvalue weighted by Gasteiger charge is -2.13. The molecule has 0 aromatic heterocycles. The van der Waals surface area contributed by atoms with Gasteiger partial charge in [-0.05, 0) is 47.4 Å². The van der Waals surface area contributed by atoms with E-state index >= 15 is 0 Å². The van der Waals surface area contributed by atoms with Crippen LogP contribution in [0.3, 0.4) is 0 Å². The average Bonchev–Trinajstić information content (AvgIpc) is 2.72. The van der Waals surface area contributed by atoms with Crippen LogP contribution < -0.4 is 11.1 Å². The number of nitrogens with two attached hydrogens (primary N) is 1. The van der Waals surface area contributed by atoms with E-state index in [1.54, 1.807) is 0 Å². The fourth-order valence-electron chi connectivity index (χ4n) is 3.14. The molecule has 1 aromatic carbocycles. The third-order valence-electron chi connectivity index (χ3n) is 5.45.